The Morgan fingerprint density at radius 2 is 1.91 bits per heavy atom. The molecule has 45 heavy (non-hydrogen) atoms. The number of allylic oxidation sites excluding steroid dienone is 3. The van der Waals surface area contributed by atoms with E-state index in [9.17, 15) is 0 Å². The quantitative estimate of drug-likeness (QED) is 0.145. The number of benzene rings is 1. The van der Waals surface area contributed by atoms with E-state index in [0.717, 1.165) is 41.0 Å². The molecule has 7 rings (SSSR count). The maximum Gasteiger partial charge on any atom is 0.216 e. The van der Waals surface area contributed by atoms with Crippen LogP contribution in [0, 0.1) is 37.8 Å². The Morgan fingerprint density at radius 3 is 2.71 bits per heavy atom. The number of aliphatic imine (C=N–C) groups is 1. The molecule has 4 nitrogen and oxygen atoms in total. The number of rotatable bonds is 6. The minimum Gasteiger partial charge on any atom is -0.456 e. The van der Waals surface area contributed by atoms with Crippen molar-refractivity contribution in [2.24, 2.45) is 16.8 Å². The van der Waals surface area contributed by atoms with Crippen LogP contribution in [0.5, 0.6) is 0 Å². The van der Waals surface area contributed by atoms with E-state index in [4.69, 9.17) is 16.3 Å². The van der Waals surface area contributed by atoms with Gasteiger partial charge in [0, 0.05) is 48.2 Å². The van der Waals surface area contributed by atoms with Crippen LogP contribution in [0.3, 0.4) is 0 Å². The summed E-state index contributed by atoms with van der Waals surface area (Å²) in [4.78, 5) is 12.9. The van der Waals surface area contributed by atoms with E-state index in [1.807, 2.05) is 13.0 Å². The summed E-state index contributed by atoms with van der Waals surface area (Å²) in [6.07, 6.45) is 23.3. The Kier molecular flexibility index (Phi) is 9.08. The van der Waals surface area contributed by atoms with Crippen molar-refractivity contribution in [2.75, 3.05) is 0 Å². The first-order chi connectivity index (χ1) is 23.5. The molecule has 0 amide bonds. The summed E-state index contributed by atoms with van der Waals surface area (Å²) in [5.74, 6) is 2.37. The number of aryl methyl sites for hydroxylation is 2. The average Bonchev–Trinajstić information content (AvgIpc) is 3.88. The van der Waals surface area contributed by atoms with Crippen molar-refractivity contribution >= 4 is 28.5 Å². The zero-order valence-corrected chi connectivity index (χ0v) is 28.5. The van der Waals surface area contributed by atoms with Crippen molar-refractivity contribution in [1.29, 1.82) is 0 Å². The minimum atomic E-state index is -2.49. The van der Waals surface area contributed by atoms with Crippen molar-refractivity contribution < 1.29 is 31.4 Å². The third-order valence-corrected chi connectivity index (χ3v) is 9.39. The first-order valence-electron chi connectivity index (χ1n) is 18.3. The first kappa shape index (κ1) is 26.8. The molecule has 4 heterocycles. The van der Waals surface area contributed by atoms with Gasteiger partial charge in [-0.3, -0.25) is 0 Å². The van der Waals surface area contributed by atoms with Crippen molar-refractivity contribution in [3.63, 3.8) is 0 Å². The van der Waals surface area contributed by atoms with Gasteiger partial charge in [0.25, 0.3) is 0 Å². The Hall–Kier alpha value is -3.40. The molecule has 2 aliphatic carbocycles. The van der Waals surface area contributed by atoms with Crippen LogP contribution in [0.4, 0.5) is 0 Å². The van der Waals surface area contributed by atoms with Crippen LogP contribution < -0.4 is 0 Å². The summed E-state index contributed by atoms with van der Waals surface area (Å²) in [5, 5.41) is 0.853. The molecule has 5 heteroatoms. The minimum absolute atomic E-state index is 0. The van der Waals surface area contributed by atoms with Gasteiger partial charge in [-0.25, -0.2) is 4.98 Å². The van der Waals surface area contributed by atoms with Crippen molar-refractivity contribution in [3.05, 3.63) is 119 Å². The summed E-state index contributed by atoms with van der Waals surface area (Å²) in [5.41, 5.74) is 7.92. The molecule has 0 bridgehead atoms. The number of hydrogen-bond donors (Lipinski definition) is 0. The fraction of sp³-hybridized carbons (Fsp3) is 0.375. The van der Waals surface area contributed by atoms with E-state index in [2.05, 4.69) is 60.0 Å². The Balaban J connectivity index is 0.000000192. The van der Waals surface area contributed by atoms with Crippen LogP contribution in [0.2, 0.25) is 0 Å². The van der Waals surface area contributed by atoms with Crippen LogP contribution in [-0.2, 0) is 20.1 Å². The fourth-order valence-electron chi connectivity index (χ4n) is 6.90. The molecule has 2 saturated carbocycles. The molecule has 2 fully saturated rings. The maximum atomic E-state index is 8.02. The molecule has 0 spiro atoms. The molecule has 1 aromatic carbocycles. The normalized spacial score (nSPS) is 20.7. The first-order valence-corrected chi connectivity index (χ1v) is 15.8. The van der Waals surface area contributed by atoms with Gasteiger partial charge in [-0.2, -0.15) is 6.58 Å². The molecule has 235 valence electrons. The number of fused-ring (bicyclic) bond motifs is 1. The number of nitrogens with zero attached hydrogens (tertiary/aromatic N) is 3. The van der Waals surface area contributed by atoms with Gasteiger partial charge in [-0.05, 0) is 105 Å². The topological polar surface area (TPSA) is 51.3 Å². The van der Waals surface area contributed by atoms with Crippen LogP contribution in [-0.4, -0.2) is 15.7 Å². The van der Waals surface area contributed by atoms with Crippen LogP contribution in [0.25, 0.3) is 22.7 Å². The van der Waals surface area contributed by atoms with Gasteiger partial charge in [0.05, 0.1) is 9.00 Å². The smallest absolute Gasteiger partial charge is 0.216 e. The Morgan fingerprint density at radius 1 is 1.11 bits per heavy atom. The second-order valence-electron chi connectivity index (χ2n) is 12.4. The molecule has 4 aromatic rings. The monoisotopic (exact) mass is 779 g/mol. The second-order valence-corrected chi connectivity index (χ2v) is 12.4. The van der Waals surface area contributed by atoms with Crippen molar-refractivity contribution in [3.8, 4) is 0 Å². The van der Waals surface area contributed by atoms with Crippen LogP contribution in [0.1, 0.15) is 111 Å². The standard InChI is InChI=1S/C22H28N.C18H15N2O.Ir/c1-16-15-23-22(14-21(16)18-9-4-5-10-18)20-12-6-11-19(13-20)17-7-2-3-8-17;1-12-4-7-16(20-10-12)13(2)5-6-15-11-21-18-17(15)14(3)8-9-19-18;/h6,11,13,15,17-18,21H,2-5,7-10,14H2,1H3;4,6-11H,2H2,1,3H3;/q2*-1;/i;1D3,4D,7D;. The number of aromatic nitrogens is 2. The Labute approximate surface area is 289 Å². The molecule has 1 aliphatic heterocycles. The molecular weight excluding hydrogens is 731 g/mol. The van der Waals surface area contributed by atoms with E-state index >= 15 is 0 Å². The molecule has 0 saturated heterocycles. The fourth-order valence-corrected chi connectivity index (χ4v) is 6.90. The number of pyridine rings is 2. The summed E-state index contributed by atoms with van der Waals surface area (Å²) in [6, 6.07) is 11.4. The van der Waals surface area contributed by atoms with Crippen LogP contribution >= 0.6 is 0 Å². The van der Waals surface area contributed by atoms with Crippen LogP contribution in [0.15, 0.2) is 82.8 Å². The average molecular weight is 779 g/mol. The molecular formula is C40H43IrN3O-2. The van der Waals surface area contributed by atoms with E-state index < -0.39 is 6.85 Å². The van der Waals surface area contributed by atoms with E-state index in [1.54, 1.807) is 18.5 Å². The van der Waals surface area contributed by atoms with Gasteiger partial charge in [0.2, 0.25) is 5.71 Å². The number of furan rings is 1. The van der Waals surface area contributed by atoms with Crippen molar-refractivity contribution in [1.82, 2.24) is 9.97 Å². The molecule has 1 unspecified atom stereocenters. The summed E-state index contributed by atoms with van der Waals surface area (Å²) in [6.45, 7) is 5.56. The second kappa shape index (κ2) is 15.3. The van der Waals surface area contributed by atoms with Gasteiger partial charge in [-0.15, -0.1) is 53.1 Å². The molecule has 1 atom stereocenters. The predicted molar refractivity (Wildman–Crippen MR) is 181 cm³/mol. The summed E-state index contributed by atoms with van der Waals surface area (Å²) >= 11 is 0. The van der Waals surface area contributed by atoms with Crippen molar-refractivity contribution in [2.45, 2.75) is 84.4 Å². The van der Waals surface area contributed by atoms with E-state index in [1.165, 1.54) is 73.8 Å². The summed E-state index contributed by atoms with van der Waals surface area (Å²) < 4.78 is 43.5. The Bertz CT molecular complexity index is 1930. The van der Waals surface area contributed by atoms with Gasteiger partial charge >= 0.3 is 0 Å². The maximum absolute atomic E-state index is 8.02. The van der Waals surface area contributed by atoms with Gasteiger partial charge < -0.3 is 14.4 Å². The largest absolute Gasteiger partial charge is 0.456 e. The summed E-state index contributed by atoms with van der Waals surface area (Å²) in [7, 11) is 0. The zero-order chi connectivity index (χ0) is 34.7. The molecule has 0 N–H and O–H groups in total. The van der Waals surface area contributed by atoms with E-state index in [-0.39, 0.29) is 49.0 Å². The van der Waals surface area contributed by atoms with E-state index in [0.29, 0.717) is 11.6 Å². The molecule has 3 aromatic heterocycles. The molecule has 1 radical (unpaired) electrons. The third kappa shape index (κ3) is 7.88. The SMILES string of the molecule is CC1=CN=C(c2[c-]ccc(C3CCCC3)c2)CC1C1CCCC1.[2H]c1c(C([2H])([2H])[2H])cnc(C(=C)[C-]=Cc2coc3nccc(C)c23)c1[2H].[Ir]. The van der Waals surface area contributed by atoms with Gasteiger partial charge in [-0.1, -0.05) is 43.3 Å². The number of hydrogen-bond acceptors (Lipinski definition) is 4. The van der Waals surface area contributed by atoms with Gasteiger partial charge in [0.15, 0.2) is 0 Å². The molecule has 3 aliphatic rings. The zero-order valence-electron chi connectivity index (χ0n) is 31.1. The predicted octanol–water partition coefficient (Wildman–Crippen LogP) is 10.4. The van der Waals surface area contributed by atoms with Gasteiger partial charge in [0.1, 0.15) is 0 Å². The third-order valence-electron chi connectivity index (χ3n) is 9.39.